The lowest BCUT2D eigenvalue weighted by Gasteiger charge is -2.31. The Labute approximate surface area is 114 Å². The first kappa shape index (κ1) is 14.6. The van der Waals surface area contributed by atoms with Crippen LogP contribution < -0.4 is 0 Å². The Bertz CT molecular complexity index is 325. The fourth-order valence-electron chi connectivity index (χ4n) is 2.57. The summed E-state index contributed by atoms with van der Waals surface area (Å²) in [7, 11) is 0. The predicted molar refractivity (Wildman–Crippen MR) is 69.8 cm³/mol. The van der Waals surface area contributed by atoms with Gasteiger partial charge in [0.15, 0.2) is 0 Å². The van der Waals surface area contributed by atoms with Gasteiger partial charge in [0.25, 0.3) is 0 Å². The van der Waals surface area contributed by atoms with Crippen LogP contribution in [0.3, 0.4) is 0 Å². The molecule has 3 atom stereocenters. The molecule has 2 saturated heterocycles. The highest BCUT2D eigenvalue weighted by molar-refractivity contribution is 5.69. The van der Waals surface area contributed by atoms with Crippen molar-refractivity contribution in [3.05, 3.63) is 0 Å². The van der Waals surface area contributed by atoms with E-state index in [0.29, 0.717) is 12.5 Å². The molecule has 2 unspecified atom stereocenters. The van der Waals surface area contributed by atoms with Gasteiger partial charge in [0.05, 0.1) is 12.6 Å². The maximum Gasteiger partial charge on any atom is 0.410 e. The molecule has 2 fully saturated rings. The molecule has 0 radical (unpaired) electrons. The number of amides is 1. The van der Waals surface area contributed by atoms with E-state index in [1.54, 1.807) is 4.90 Å². The van der Waals surface area contributed by atoms with E-state index in [2.05, 4.69) is 0 Å². The van der Waals surface area contributed by atoms with Crippen LogP contribution in [0.1, 0.15) is 46.5 Å². The second kappa shape index (κ2) is 5.65. The van der Waals surface area contributed by atoms with Crippen LogP contribution in [0.2, 0.25) is 0 Å². The van der Waals surface area contributed by atoms with Crippen molar-refractivity contribution in [2.75, 3.05) is 13.2 Å². The van der Waals surface area contributed by atoms with Crippen LogP contribution in [0.5, 0.6) is 0 Å². The maximum atomic E-state index is 13.6. The number of hydrogen-bond donors (Lipinski definition) is 0. The van der Waals surface area contributed by atoms with Crippen LogP contribution in [-0.4, -0.2) is 48.1 Å². The zero-order valence-electron chi connectivity index (χ0n) is 12.0. The average Bonchev–Trinajstić information content (AvgIpc) is 2.55. The number of rotatable bonds is 3. The van der Waals surface area contributed by atoms with Crippen molar-refractivity contribution in [2.24, 2.45) is 0 Å². The van der Waals surface area contributed by atoms with E-state index < -0.39 is 17.9 Å². The van der Waals surface area contributed by atoms with Crippen LogP contribution >= 0.6 is 0 Å². The molecule has 2 heterocycles. The summed E-state index contributed by atoms with van der Waals surface area (Å²) in [6.45, 7) is 6.46. The Hall–Kier alpha value is -0.840. The van der Waals surface area contributed by atoms with E-state index >= 15 is 0 Å². The highest BCUT2D eigenvalue weighted by atomic mass is 19.1. The van der Waals surface area contributed by atoms with Gasteiger partial charge in [0.2, 0.25) is 0 Å². The fraction of sp³-hybridized carbons (Fsp3) is 0.929. The summed E-state index contributed by atoms with van der Waals surface area (Å²) >= 11 is 0. The van der Waals surface area contributed by atoms with Gasteiger partial charge in [0.1, 0.15) is 11.8 Å². The zero-order valence-corrected chi connectivity index (χ0v) is 12.0. The predicted octanol–water partition coefficient (Wildman–Crippen LogP) is 2.90. The molecule has 0 aromatic heterocycles. The van der Waals surface area contributed by atoms with Gasteiger partial charge in [-0.25, -0.2) is 9.18 Å². The van der Waals surface area contributed by atoms with E-state index in [4.69, 9.17) is 9.47 Å². The molecular formula is C14H24FNO3. The summed E-state index contributed by atoms with van der Waals surface area (Å²) in [5.74, 6) is 0. The van der Waals surface area contributed by atoms with Crippen molar-refractivity contribution >= 4 is 6.09 Å². The topological polar surface area (TPSA) is 38.8 Å². The highest BCUT2D eigenvalue weighted by Crippen LogP contribution is 2.28. The summed E-state index contributed by atoms with van der Waals surface area (Å²) in [5.41, 5.74) is -0.535. The summed E-state index contributed by atoms with van der Waals surface area (Å²) in [6.07, 6.45) is 2.18. The molecule has 0 bridgehead atoms. The Morgan fingerprint density at radius 1 is 1.42 bits per heavy atom. The standard InChI is InChI=1S/C14H24FNO3/c1-14(2,3)19-13(17)16-9-10(15)8-11(16)4-5-12-6-7-18-12/h10-12H,4-9H2,1-3H3/t10-,11?,12?/m1/s1. The number of ether oxygens (including phenoxy) is 2. The molecule has 0 aromatic carbocycles. The number of carbonyl (C=O) groups is 1. The average molecular weight is 273 g/mol. The second-order valence-electron chi connectivity index (χ2n) is 6.48. The van der Waals surface area contributed by atoms with Gasteiger partial charge in [-0.05, 0) is 40.0 Å². The van der Waals surface area contributed by atoms with E-state index in [0.717, 1.165) is 25.9 Å². The molecule has 2 rings (SSSR count). The minimum absolute atomic E-state index is 0.0472. The number of hydrogen-bond acceptors (Lipinski definition) is 3. The molecule has 0 aliphatic carbocycles. The second-order valence-corrected chi connectivity index (χ2v) is 6.48. The first-order chi connectivity index (χ1) is 8.85. The van der Waals surface area contributed by atoms with Crippen LogP contribution in [0.15, 0.2) is 0 Å². The molecule has 19 heavy (non-hydrogen) atoms. The molecule has 4 nitrogen and oxygen atoms in total. The lowest BCUT2D eigenvalue weighted by atomic mass is 10.0. The SMILES string of the molecule is CC(C)(C)OC(=O)N1C[C@H](F)CC1CCC1CCO1. The fourth-order valence-corrected chi connectivity index (χ4v) is 2.57. The van der Waals surface area contributed by atoms with Crippen molar-refractivity contribution in [2.45, 2.75) is 70.4 Å². The first-order valence-corrected chi connectivity index (χ1v) is 7.10. The lowest BCUT2D eigenvalue weighted by Crippen LogP contribution is -2.40. The number of nitrogens with zero attached hydrogens (tertiary/aromatic N) is 1. The van der Waals surface area contributed by atoms with Crippen molar-refractivity contribution in [1.29, 1.82) is 0 Å². The minimum atomic E-state index is -0.931. The first-order valence-electron chi connectivity index (χ1n) is 7.10. The van der Waals surface area contributed by atoms with Crippen molar-refractivity contribution < 1.29 is 18.7 Å². The van der Waals surface area contributed by atoms with Gasteiger partial charge >= 0.3 is 6.09 Å². The van der Waals surface area contributed by atoms with Crippen LogP contribution in [-0.2, 0) is 9.47 Å². The molecule has 0 N–H and O–H groups in total. The lowest BCUT2D eigenvalue weighted by molar-refractivity contribution is -0.0582. The van der Waals surface area contributed by atoms with Crippen LogP contribution in [0, 0.1) is 0 Å². The number of alkyl halides is 1. The number of halogens is 1. The molecule has 0 saturated carbocycles. The third kappa shape index (κ3) is 4.06. The Morgan fingerprint density at radius 3 is 2.63 bits per heavy atom. The quantitative estimate of drug-likeness (QED) is 0.793. The molecule has 5 heteroatoms. The van der Waals surface area contributed by atoms with Gasteiger partial charge in [-0.3, -0.25) is 0 Å². The monoisotopic (exact) mass is 273 g/mol. The van der Waals surface area contributed by atoms with Gasteiger partial charge in [-0.2, -0.15) is 0 Å². The summed E-state index contributed by atoms with van der Waals surface area (Å²) in [5, 5.41) is 0. The van der Waals surface area contributed by atoms with Crippen LogP contribution in [0.4, 0.5) is 9.18 Å². The largest absolute Gasteiger partial charge is 0.444 e. The molecule has 0 spiro atoms. The Balaban J connectivity index is 1.86. The van der Waals surface area contributed by atoms with Crippen molar-refractivity contribution in [3.8, 4) is 0 Å². The van der Waals surface area contributed by atoms with Crippen LogP contribution in [0.25, 0.3) is 0 Å². The van der Waals surface area contributed by atoms with E-state index in [-0.39, 0.29) is 12.6 Å². The van der Waals surface area contributed by atoms with Crippen molar-refractivity contribution in [3.63, 3.8) is 0 Å². The summed E-state index contributed by atoms with van der Waals surface area (Å²) in [6, 6.07) is -0.0472. The number of carbonyl (C=O) groups excluding carboxylic acids is 1. The smallest absolute Gasteiger partial charge is 0.410 e. The van der Waals surface area contributed by atoms with E-state index in [9.17, 15) is 9.18 Å². The molecule has 2 aliphatic rings. The summed E-state index contributed by atoms with van der Waals surface area (Å²) < 4.78 is 24.3. The third-order valence-electron chi connectivity index (χ3n) is 3.61. The van der Waals surface area contributed by atoms with E-state index in [1.165, 1.54) is 0 Å². The normalized spacial score (nSPS) is 31.2. The maximum absolute atomic E-state index is 13.6. The van der Waals surface area contributed by atoms with Gasteiger partial charge < -0.3 is 14.4 Å². The van der Waals surface area contributed by atoms with Gasteiger partial charge in [0, 0.05) is 19.1 Å². The molecular weight excluding hydrogens is 249 g/mol. The van der Waals surface area contributed by atoms with E-state index in [1.807, 2.05) is 20.8 Å². The molecule has 110 valence electrons. The Morgan fingerprint density at radius 2 is 2.11 bits per heavy atom. The number of likely N-dealkylation sites (tertiary alicyclic amines) is 1. The van der Waals surface area contributed by atoms with Crippen molar-refractivity contribution in [1.82, 2.24) is 4.90 Å². The molecule has 1 amide bonds. The Kier molecular flexibility index (Phi) is 4.33. The molecule has 2 aliphatic heterocycles. The van der Waals surface area contributed by atoms with Gasteiger partial charge in [-0.1, -0.05) is 0 Å². The summed E-state index contributed by atoms with van der Waals surface area (Å²) in [4.78, 5) is 13.6. The highest BCUT2D eigenvalue weighted by Gasteiger charge is 2.38. The molecule has 0 aromatic rings. The van der Waals surface area contributed by atoms with Gasteiger partial charge in [-0.15, -0.1) is 0 Å². The zero-order chi connectivity index (χ0) is 14.0. The minimum Gasteiger partial charge on any atom is -0.444 e. The third-order valence-corrected chi connectivity index (χ3v) is 3.61.